The summed E-state index contributed by atoms with van der Waals surface area (Å²) in [7, 11) is 0. The molecule has 0 saturated heterocycles. The average Bonchev–Trinajstić information content (AvgIpc) is 2.79. The molecule has 2 rings (SSSR count). The van der Waals surface area contributed by atoms with Crippen molar-refractivity contribution >= 4 is 44.7 Å². The van der Waals surface area contributed by atoms with E-state index in [1.54, 1.807) is 6.20 Å². The summed E-state index contributed by atoms with van der Waals surface area (Å²) in [5.41, 5.74) is 1.59. The maximum absolute atomic E-state index is 12.0. The molecule has 1 aromatic heterocycles. The predicted octanol–water partition coefficient (Wildman–Crippen LogP) is 3.39. The zero-order valence-corrected chi connectivity index (χ0v) is 11.2. The van der Waals surface area contributed by atoms with Crippen LogP contribution in [-0.2, 0) is 0 Å². The molecule has 0 aliphatic rings. The highest BCUT2D eigenvalue weighted by atomic mass is 32.2. The van der Waals surface area contributed by atoms with Gasteiger partial charge >= 0.3 is 0 Å². The monoisotopic (exact) mass is 264 g/mol. The second-order valence-corrected chi connectivity index (χ2v) is 5.19. The Bertz CT molecular complexity index is 569. The van der Waals surface area contributed by atoms with Crippen molar-refractivity contribution < 1.29 is 4.79 Å². The first-order chi connectivity index (χ1) is 8.26. The predicted molar refractivity (Wildman–Crippen MR) is 77.1 cm³/mol. The average molecular weight is 264 g/mol. The van der Waals surface area contributed by atoms with Crippen molar-refractivity contribution in [2.75, 3.05) is 12.5 Å². The Balaban J connectivity index is 2.40. The smallest absolute Gasteiger partial charge is 0.280 e. The third kappa shape index (κ3) is 2.56. The highest BCUT2D eigenvalue weighted by Gasteiger charge is 2.11. The number of para-hydroxylation sites is 1. The van der Waals surface area contributed by atoms with Gasteiger partial charge in [-0.15, -0.1) is 23.5 Å². The third-order valence-electron chi connectivity index (χ3n) is 2.36. The van der Waals surface area contributed by atoms with Crippen molar-refractivity contribution in [1.29, 1.82) is 0 Å². The molecule has 0 aliphatic carbocycles. The second kappa shape index (κ2) is 5.42. The van der Waals surface area contributed by atoms with Gasteiger partial charge in [0.2, 0.25) is 0 Å². The van der Waals surface area contributed by atoms with Crippen LogP contribution in [0, 0.1) is 0 Å². The van der Waals surface area contributed by atoms with E-state index in [0.717, 1.165) is 15.3 Å². The quantitative estimate of drug-likeness (QED) is 0.634. The van der Waals surface area contributed by atoms with Crippen molar-refractivity contribution in [3.63, 3.8) is 0 Å². The van der Waals surface area contributed by atoms with Crippen LogP contribution < -0.4 is 0 Å². The molecule has 0 saturated carbocycles. The zero-order valence-electron chi connectivity index (χ0n) is 9.56. The van der Waals surface area contributed by atoms with Crippen LogP contribution in [0.5, 0.6) is 0 Å². The number of amides is 1. The van der Waals surface area contributed by atoms with Crippen molar-refractivity contribution in [2.24, 2.45) is 4.99 Å². The molecule has 0 bridgehead atoms. The number of carbonyl (C=O) groups excluding carboxylic acids is 1. The Kier molecular flexibility index (Phi) is 3.91. The number of thioether (sulfide) groups is 2. The topological polar surface area (TPSA) is 45.2 Å². The summed E-state index contributed by atoms with van der Waals surface area (Å²) in [6, 6.07) is 7.72. The molecule has 3 nitrogen and oxygen atoms in total. The van der Waals surface area contributed by atoms with Crippen LogP contribution >= 0.6 is 23.5 Å². The van der Waals surface area contributed by atoms with Crippen molar-refractivity contribution in [2.45, 2.75) is 0 Å². The summed E-state index contributed by atoms with van der Waals surface area (Å²) < 4.78 is 0.778. The Hall–Kier alpha value is -1.20. The molecule has 2 aromatic rings. The Morgan fingerprint density at radius 2 is 1.94 bits per heavy atom. The first kappa shape index (κ1) is 12.3. The maximum Gasteiger partial charge on any atom is 0.280 e. The summed E-state index contributed by atoms with van der Waals surface area (Å²) in [6.07, 6.45) is 5.55. The van der Waals surface area contributed by atoms with Crippen LogP contribution in [0.15, 0.2) is 35.5 Å². The second-order valence-electron chi connectivity index (χ2n) is 3.34. The largest absolute Gasteiger partial charge is 0.360 e. The van der Waals surface area contributed by atoms with Crippen molar-refractivity contribution in [3.8, 4) is 0 Å². The van der Waals surface area contributed by atoms with Crippen molar-refractivity contribution in [1.82, 2.24) is 4.98 Å². The van der Waals surface area contributed by atoms with Gasteiger partial charge in [-0.1, -0.05) is 18.2 Å². The molecule has 1 amide bonds. The van der Waals surface area contributed by atoms with Crippen LogP contribution in [0.25, 0.3) is 10.9 Å². The number of hydrogen-bond donors (Lipinski definition) is 1. The molecule has 5 heteroatoms. The molecule has 88 valence electrons. The lowest BCUT2D eigenvalue weighted by molar-refractivity contribution is 0.100. The van der Waals surface area contributed by atoms with Gasteiger partial charge in [0, 0.05) is 17.1 Å². The number of hydrogen-bond acceptors (Lipinski definition) is 3. The number of rotatable bonds is 1. The first-order valence-corrected chi connectivity index (χ1v) is 7.48. The summed E-state index contributed by atoms with van der Waals surface area (Å²) in [4.78, 5) is 19.2. The fraction of sp³-hybridized carbons (Fsp3) is 0.167. The van der Waals surface area contributed by atoms with Gasteiger partial charge in [-0.05, 0) is 18.6 Å². The summed E-state index contributed by atoms with van der Waals surface area (Å²) in [6.45, 7) is 0. The molecule has 1 heterocycles. The van der Waals surface area contributed by atoms with Gasteiger partial charge in [-0.25, -0.2) is 0 Å². The molecule has 1 N–H and O–H groups in total. The van der Waals surface area contributed by atoms with Crippen LogP contribution in [0.2, 0.25) is 0 Å². The number of aliphatic imine (C=N–C) groups is 1. The minimum atomic E-state index is -0.193. The summed E-state index contributed by atoms with van der Waals surface area (Å²) in [5, 5.41) is 0.919. The summed E-state index contributed by atoms with van der Waals surface area (Å²) >= 11 is 2.97. The lowest BCUT2D eigenvalue weighted by Crippen LogP contribution is -1.96. The van der Waals surface area contributed by atoms with E-state index in [1.165, 1.54) is 23.5 Å². The van der Waals surface area contributed by atoms with Crippen molar-refractivity contribution in [3.05, 3.63) is 36.0 Å². The van der Waals surface area contributed by atoms with Gasteiger partial charge in [0.15, 0.2) is 0 Å². The number of carbonyl (C=O) groups is 1. The number of aromatic amines is 1. The minimum Gasteiger partial charge on any atom is -0.360 e. The van der Waals surface area contributed by atoms with Gasteiger partial charge in [0.05, 0.1) is 5.56 Å². The molecule has 0 radical (unpaired) electrons. The lowest BCUT2D eigenvalue weighted by Gasteiger charge is -1.97. The Morgan fingerprint density at radius 1 is 1.24 bits per heavy atom. The van der Waals surface area contributed by atoms with Gasteiger partial charge in [0.25, 0.3) is 5.91 Å². The van der Waals surface area contributed by atoms with Crippen LogP contribution in [0.4, 0.5) is 0 Å². The number of fused-ring (bicyclic) bond motifs is 1. The number of nitrogens with zero attached hydrogens (tertiary/aromatic N) is 1. The highest BCUT2D eigenvalue weighted by Crippen LogP contribution is 2.20. The van der Waals surface area contributed by atoms with E-state index in [9.17, 15) is 4.79 Å². The Labute approximate surface area is 108 Å². The standard InChI is InChI=1S/C12H12N2OS2/c1-16-12(17-2)14-11(15)9-7-13-10-6-4-3-5-8(9)10/h3-7,13H,1-2H3. The van der Waals surface area contributed by atoms with Gasteiger partial charge in [-0.3, -0.25) is 4.79 Å². The molecule has 0 unspecified atom stereocenters. The van der Waals surface area contributed by atoms with E-state index in [4.69, 9.17) is 0 Å². The maximum atomic E-state index is 12.0. The van der Waals surface area contributed by atoms with Crippen LogP contribution in [0.1, 0.15) is 10.4 Å². The van der Waals surface area contributed by atoms with E-state index >= 15 is 0 Å². The lowest BCUT2D eigenvalue weighted by atomic mass is 10.2. The fourth-order valence-corrected chi connectivity index (χ4v) is 2.58. The van der Waals surface area contributed by atoms with Crippen LogP contribution in [-0.4, -0.2) is 27.8 Å². The highest BCUT2D eigenvalue weighted by molar-refractivity contribution is 8.38. The zero-order chi connectivity index (χ0) is 12.3. The molecule has 0 fully saturated rings. The first-order valence-electron chi connectivity index (χ1n) is 5.03. The normalized spacial score (nSPS) is 10.5. The molecule has 0 spiro atoms. The summed E-state index contributed by atoms with van der Waals surface area (Å²) in [5.74, 6) is -0.193. The number of benzene rings is 1. The van der Waals surface area contributed by atoms with Gasteiger partial charge in [-0.2, -0.15) is 4.99 Å². The van der Waals surface area contributed by atoms with E-state index in [0.29, 0.717) is 5.56 Å². The molecule has 0 aliphatic heterocycles. The molecular weight excluding hydrogens is 252 g/mol. The van der Waals surface area contributed by atoms with E-state index in [1.807, 2.05) is 36.8 Å². The van der Waals surface area contributed by atoms with E-state index in [2.05, 4.69) is 9.98 Å². The number of H-pyrrole nitrogens is 1. The van der Waals surface area contributed by atoms with Gasteiger partial charge in [0.1, 0.15) is 4.38 Å². The van der Waals surface area contributed by atoms with E-state index in [-0.39, 0.29) is 5.91 Å². The minimum absolute atomic E-state index is 0.193. The third-order valence-corrected chi connectivity index (χ3v) is 4.24. The molecule has 1 aromatic carbocycles. The fourth-order valence-electron chi connectivity index (χ4n) is 1.57. The molecule has 17 heavy (non-hydrogen) atoms. The van der Waals surface area contributed by atoms with E-state index < -0.39 is 0 Å². The number of nitrogens with one attached hydrogen (secondary N) is 1. The van der Waals surface area contributed by atoms with Gasteiger partial charge < -0.3 is 4.98 Å². The Morgan fingerprint density at radius 3 is 2.65 bits per heavy atom. The SMILES string of the molecule is CSC(=NC(=O)c1c[nH]c2ccccc12)SC. The molecule has 0 atom stereocenters. The molecular formula is C12H12N2OS2. The number of aromatic nitrogens is 1. The van der Waals surface area contributed by atoms with Crippen LogP contribution in [0.3, 0.4) is 0 Å².